The molecule has 0 aromatic heterocycles. The summed E-state index contributed by atoms with van der Waals surface area (Å²) in [4.78, 5) is 22.6. The zero-order valence-corrected chi connectivity index (χ0v) is 11.7. The molecule has 0 amide bonds. The van der Waals surface area contributed by atoms with Crippen LogP contribution in [0.1, 0.15) is 46.5 Å². The van der Waals surface area contributed by atoms with Crippen molar-refractivity contribution in [3.63, 3.8) is 0 Å². The average molecular weight is 262 g/mol. The van der Waals surface area contributed by atoms with Gasteiger partial charge in [0.2, 0.25) is 6.79 Å². The Kier molecular flexibility index (Phi) is 10.0. The van der Waals surface area contributed by atoms with E-state index in [2.05, 4.69) is 0 Å². The summed E-state index contributed by atoms with van der Waals surface area (Å²) in [5, 5.41) is -0.400. The molecule has 0 fully saturated rings. The number of ether oxygens (including phenoxy) is 2. The fourth-order valence-corrected chi connectivity index (χ4v) is 1.86. The van der Waals surface area contributed by atoms with Crippen LogP contribution in [0.5, 0.6) is 0 Å². The smallest absolute Gasteiger partial charge is 0.370 e. The van der Waals surface area contributed by atoms with E-state index in [0.717, 1.165) is 37.4 Å². The number of esters is 1. The van der Waals surface area contributed by atoms with Gasteiger partial charge in [0.1, 0.15) is 0 Å². The van der Waals surface area contributed by atoms with E-state index < -0.39 is 5.30 Å². The summed E-state index contributed by atoms with van der Waals surface area (Å²) in [6, 6.07) is 0. The Labute approximate surface area is 107 Å². The standard InChI is InChI=1S/C12H22O4S/c1-4-7-10(8-5-2)11(13)15-9-16-12(14)17-6-3/h10H,4-9H2,1-3H3. The lowest BCUT2D eigenvalue weighted by atomic mass is 9.99. The summed E-state index contributed by atoms with van der Waals surface area (Å²) in [6.45, 7) is 5.66. The monoisotopic (exact) mass is 262 g/mol. The molecule has 0 unspecified atom stereocenters. The van der Waals surface area contributed by atoms with Crippen molar-refractivity contribution in [3.05, 3.63) is 0 Å². The molecule has 100 valence electrons. The molecule has 0 bridgehead atoms. The number of carbonyl (C=O) groups is 2. The van der Waals surface area contributed by atoms with Crippen molar-refractivity contribution in [1.82, 2.24) is 0 Å². The quantitative estimate of drug-likeness (QED) is 0.494. The maximum atomic E-state index is 11.6. The fourth-order valence-electron chi connectivity index (χ4n) is 1.49. The van der Waals surface area contributed by atoms with Crippen molar-refractivity contribution in [2.24, 2.45) is 5.92 Å². The van der Waals surface area contributed by atoms with E-state index in [0.29, 0.717) is 5.75 Å². The number of carbonyl (C=O) groups excluding carboxylic acids is 2. The van der Waals surface area contributed by atoms with E-state index in [-0.39, 0.29) is 18.7 Å². The second-order valence-corrected chi connectivity index (χ2v) is 4.88. The number of rotatable bonds is 8. The summed E-state index contributed by atoms with van der Waals surface area (Å²) >= 11 is 1.06. The Morgan fingerprint density at radius 1 is 1.06 bits per heavy atom. The molecule has 17 heavy (non-hydrogen) atoms. The Hall–Kier alpha value is -0.710. The molecule has 0 aromatic carbocycles. The van der Waals surface area contributed by atoms with Gasteiger partial charge in [-0.05, 0) is 24.6 Å². The lowest BCUT2D eigenvalue weighted by Crippen LogP contribution is -2.19. The van der Waals surface area contributed by atoms with E-state index >= 15 is 0 Å². The first kappa shape index (κ1) is 16.3. The van der Waals surface area contributed by atoms with E-state index in [1.807, 2.05) is 20.8 Å². The molecule has 0 spiro atoms. The third-order valence-electron chi connectivity index (χ3n) is 2.25. The molecule has 0 heterocycles. The molecule has 0 aliphatic heterocycles. The fraction of sp³-hybridized carbons (Fsp3) is 0.833. The van der Waals surface area contributed by atoms with Gasteiger partial charge in [-0.25, -0.2) is 4.79 Å². The van der Waals surface area contributed by atoms with Gasteiger partial charge in [-0.1, -0.05) is 33.6 Å². The summed E-state index contributed by atoms with van der Waals surface area (Å²) < 4.78 is 9.67. The molecule has 0 aliphatic carbocycles. The Morgan fingerprint density at radius 3 is 2.12 bits per heavy atom. The lowest BCUT2D eigenvalue weighted by Gasteiger charge is -2.14. The maximum Gasteiger partial charge on any atom is 0.370 e. The number of thioether (sulfide) groups is 1. The summed E-state index contributed by atoms with van der Waals surface area (Å²) in [6.07, 6.45) is 3.55. The average Bonchev–Trinajstić information content (AvgIpc) is 2.29. The zero-order chi connectivity index (χ0) is 13.1. The van der Waals surface area contributed by atoms with Crippen LogP contribution in [0.25, 0.3) is 0 Å². The predicted octanol–water partition coefficient (Wildman–Crippen LogP) is 3.59. The topological polar surface area (TPSA) is 52.6 Å². The van der Waals surface area contributed by atoms with Crippen LogP contribution in [0.2, 0.25) is 0 Å². The number of hydrogen-bond donors (Lipinski definition) is 0. The highest BCUT2D eigenvalue weighted by atomic mass is 32.2. The molecule has 0 aromatic rings. The van der Waals surface area contributed by atoms with Gasteiger partial charge in [-0.15, -0.1) is 0 Å². The third kappa shape index (κ3) is 8.07. The van der Waals surface area contributed by atoms with Crippen LogP contribution in [0.3, 0.4) is 0 Å². The molecule has 0 atom stereocenters. The second-order valence-electron chi connectivity index (χ2n) is 3.68. The van der Waals surface area contributed by atoms with Crippen molar-refractivity contribution < 1.29 is 19.1 Å². The minimum absolute atomic E-state index is 0.0671. The van der Waals surface area contributed by atoms with Crippen LogP contribution in [0.15, 0.2) is 0 Å². The van der Waals surface area contributed by atoms with Crippen LogP contribution >= 0.6 is 11.8 Å². The van der Waals surface area contributed by atoms with Crippen LogP contribution in [-0.4, -0.2) is 23.8 Å². The van der Waals surface area contributed by atoms with Crippen LogP contribution in [-0.2, 0) is 14.3 Å². The third-order valence-corrected chi connectivity index (χ3v) is 2.89. The first-order valence-electron chi connectivity index (χ1n) is 6.11. The first-order valence-corrected chi connectivity index (χ1v) is 7.10. The Balaban J connectivity index is 3.84. The van der Waals surface area contributed by atoms with E-state index in [9.17, 15) is 9.59 Å². The minimum atomic E-state index is -0.400. The van der Waals surface area contributed by atoms with Gasteiger partial charge in [0.15, 0.2) is 0 Å². The maximum absolute atomic E-state index is 11.6. The molecule has 0 saturated heterocycles. The lowest BCUT2D eigenvalue weighted by molar-refractivity contribution is -0.156. The van der Waals surface area contributed by atoms with Crippen LogP contribution < -0.4 is 0 Å². The summed E-state index contributed by atoms with van der Waals surface area (Å²) in [7, 11) is 0. The molecule has 0 rings (SSSR count). The molecule has 0 N–H and O–H groups in total. The van der Waals surface area contributed by atoms with Crippen LogP contribution in [0, 0.1) is 5.92 Å². The van der Waals surface area contributed by atoms with Gasteiger partial charge < -0.3 is 9.47 Å². The van der Waals surface area contributed by atoms with E-state index in [1.165, 1.54) is 0 Å². The van der Waals surface area contributed by atoms with Crippen molar-refractivity contribution in [2.45, 2.75) is 46.5 Å². The highest BCUT2D eigenvalue weighted by Gasteiger charge is 2.18. The van der Waals surface area contributed by atoms with Crippen molar-refractivity contribution >= 4 is 23.0 Å². The number of hydrogen-bond acceptors (Lipinski definition) is 5. The highest BCUT2D eigenvalue weighted by molar-refractivity contribution is 8.13. The Morgan fingerprint density at radius 2 is 1.65 bits per heavy atom. The zero-order valence-electron chi connectivity index (χ0n) is 10.9. The van der Waals surface area contributed by atoms with Gasteiger partial charge in [-0.3, -0.25) is 4.79 Å². The first-order chi connectivity index (χ1) is 8.15. The molecule has 4 nitrogen and oxygen atoms in total. The molecule has 0 radical (unpaired) electrons. The van der Waals surface area contributed by atoms with Crippen molar-refractivity contribution in [3.8, 4) is 0 Å². The van der Waals surface area contributed by atoms with E-state index in [1.54, 1.807) is 0 Å². The Bertz CT molecular complexity index is 225. The van der Waals surface area contributed by atoms with Crippen molar-refractivity contribution in [1.29, 1.82) is 0 Å². The van der Waals surface area contributed by atoms with Gasteiger partial charge >= 0.3 is 11.3 Å². The minimum Gasteiger partial charge on any atom is -0.428 e. The summed E-state index contributed by atoms with van der Waals surface area (Å²) in [5.41, 5.74) is 0. The molecule has 0 aliphatic rings. The highest BCUT2D eigenvalue weighted by Crippen LogP contribution is 2.15. The molecular formula is C12H22O4S. The normalized spacial score (nSPS) is 10.4. The van der Waals surface area contributed by atoms with Gasteiger partial charge in [-0.2, -0.15) is 0 Å². The second kappa shape index (κ2) is 10.4. The molecule has 5 heteroatoms. The SMILES string of the molecule is CCCC(CCC)C(=O)OCOC(=O)SCC. The van der Waals surface area contributed by atoms with Crippen LogP contribution in [0.4, 0.5) is 4.79 Å². The largest absolute Gasteiger partial charge is 0.428 e. The molecule has 0 saturated carbocycles. The van der Waals surface area contributed by atoms with Gasteiger partial charge in [0.05, 0.1) is 5.92 Å². The van der Waals surface area contributed by atoms with E-state index in [4.69, 9.17) is 9.47 Å². The van der Waals surface area contributed by atoms with Crippen molar-refractivity contribution in [2.75, 3.05) is 12.5 Å². The van der Waals surface area contributed by atoms with Gasteiger partial charge in [0, 0.05) is 5.75 Å². The predicted molar refractivity (Wildman–Crippen MR) is 68.9 cm³/mol. The summed E-state index contributed by atoms with van der Waals surface area (Å²) in [5.74, 6) is 0.326. The van der Waals surface area contributed by atoms with Gasteiger partial charge in [0.25, 0.3) is 0 Å². The molecular weight excluding hydrogens is 240 g/mol.